The zero-order valence-corrected chi connectivity index (χ0v) is 14.9. The van der Waals surface area contributed by atoms with Crippen molar-refractivity contribution in [3.63, 3.8) is 0 Å². The highest BCUT2D eigenvalue weighted by Crippen LogP contribution is 2.25. The van der Waals surface area contributed by atoms with Gasteiger partial charge in [-0.1, -0.05) is 34.1 Å². The van der Waals surface area contributed by atoms with Gasteiger partial charge >= 0.3 is 0 Å². The molecule has 0 spiro atoms. The molecule has 0 saturated carbocycles. The number of benzene rings is 2. The van der Waals surface area contributed by atoms with E-state index in [-0.39, 0.29) is 5.91 Å². The van der Waals surface area contributed by atoms with E-state index in [1.54, 1.807) is 6.07 Å². The summed E-state index contributed by atoms with van der Waals surface area (Å²) in [5.74, 6) is 0.457. The van der Waals surface area contributed by atoms with Crippen LogP contribution in [0.2, 0.25) is 0 Å². The highest BCUT2D eigenvalue weighted by molar-refractivity contribution is 9.10. The van der Waals surface area contributed by atoms with Crippen molar-refractivity contribution in [2.24, 2.45) is 0 Å². The lowest BCUT2D eigenvalue weighted by Crippen LogP contribution is -2.14. The molecule has 23 heavy (non-hydrogen) atoms. The van der Waals surface area contributed by atoms with Crippen molar-refractivity contribution in [1.82, 2.24) is 0 Å². The van der Waals surface area contributed by atoms with Crippen molar-refractivity contribution in [1.29, 1.82) is 0 Å². The molecule has 0 aromatic heterocycles. The zero-order chi connectivity index (χ0) is 16.7. The Labute approximate surface area is 144 Å². The fourth-order valence-electron chi connectivity index (χ4n) is 1.98. The van der Waals surface area contributed by atoms with Crippen molar-refractivity contribution >= 4 is 27.5 Å². The normalized spacial score (nSPS) is 10.4. The van der Waals surface area contributed by atoms with Crippen LogP contribution in [0.1, 0.15) is 22.8 Å². The predicted molar refractivity (Wildman–Crippen MR) is 95.3 cm³/mol. The monoisotopic (exact) mass is 377 g/mol. The summed E-state index contributed by atoms with van der Waals surface area (Å²) in [6.45, 7) is 5.53. The molecule has 0 saturated heterocycles. The molecule has 0 fully saturated rings. The number of amides is 1. The van der Waals surface area contributed by atoms with Crippen molar-refractivity contribution in [2.75, 3.05) is 25.1 Å². The first-order valence-corrected chi connectivity index (χ1v) is 8.28. The van der Waals surface area contributed by atoms with Gasteiger partial charge in [0.15, 0.2) is 0 Å². The van der Waals surface area contributed by atoms with Crippen LogP contribution in [0, 0.1) is 6.92 Å². The smallest absolute Gasteiger partial charge is 0.255 e. The number of ether oxygens (including phenoxy) is 2. The van der Waals surface area contributed by atoms with E-state index in [9.17, 15) is 4.79 Å². The largest absolute Gasteiger partial charge is 0.489 e. The highest BCUT2D eigenvalue weighted by Gasteiger charge is 2.10. The van der Waals surface area contributed by atoms with Gasteiger partial charge in [0, 0.05) is 16.6 Å². The minimum absolute atomic E-state index is 0.174. The second-order valence-electron chi connectivity index (χ2n) is 4.96. The maximum atomic E-state index is 12.4. The van der Waals surface area contributed by atoms with Gasteiger partial charge in [-0.2, -0.15) is 0 Å². The Kier molecular flexibility index (Phi) is 6.62. The van der Waals surface area contributed by atoms with E-state index >= 15 is 0 Å². The Balaban J connectivity index is 2.06. The fourth-order valence-corrected chi connectivity index (χ4v) is 2.36. The van der Waals surface area contributed by atoms with Gasteiger partial charge in [0.2, 0.25) is 0 Å². The summed E-state index contributed by atoms with van der Waals surface area (Å²) >= 11 is 3.44. The summed E-state index contributed by atoms with van der Waals surface area (Å²) in [6, 6.07) is 12.9. The van der Waals surface area contributed by atoms with E-state index in [0.717, 1.165) is 10.0 Å². The summed E-state index contributed by atoms with van der Waals surface area (Å²) in [5.41, 5.74) is 2.32. The van der Waals surface area contributed by atoms with Crippen LogP contribution in [-0.4, -0.2) is 25.7 Å². The summed E-state index contributed by atoms with van der Waals surface area (Å²) in [7, 11) is 0. The van der Waals surface area contributed by atoms with Crippen LogP contribution < -0.4 is 10.1 Å². The number of anilines is 1. The molecule has 4 nitrogen and oxygen atoms in total. The van der Waals surface area contributed by atoms with Gasteiger partial charge in [0.05, 0.1) is 12.3 Å². The van der Waals surface area contributed by atoms with E-state index < -0.39 is 0 Å². The second kappa shape index (κ2) is 8.70. The van der Waals surface area contributed by atoms with E-state index in [1.807, 2.05) is 50.2 Å². The minimum Gasteiger partial charge on any atom is -0.489 e. The molecule has 0 atom stereocenters. The Morgan fingerprint density at radius 2 is 1.96 bits per heavy atom. The fraction of sp³-hybridized carbons (Fsp3) is 0.278. The number of hydrogen-bond acceptors (Lipinski definition) is 3. The standard InChI is InChI=1S/C18H20BrNO3/c1-3-22-10-11-23-17-7-5-4-6-16(17)20-18(21)14-9-8-13(2)15(19)12-14/h4-9,12H,3,10-11H2,1-2H3,(H,20,21). The molecular formula is C18H20BrNO3. The number of carbonyl (C=O) groups excluding carboxylic acids is 1. The number of carbonyl (C=O) groups is 1. The quantitative estimate of drug-likeness (QED) is 0.726. The Morgan fingerprint density at radius 3 is 2.70 bits per heavy atom. The predicted octanol–water partition coefficient (Wildman–Crippen LogP) is 4.43. The molecular weight excluding hydrogens is 358 g/mol. The van der Waals surface area contributed by atoms with Crippen LogP contribution in [0.15, 0.2) is 46.9 Å². The van der Waals surface area contributed by atoms with E-state index in [0.29, 0.717) is 36.8 Å². The molecule has 0 aliphatic rings. The van der Waals surface area contributed by atoms with Crippen molar-refractivity contribution < 1.29 is 14.3 Å². The number of hydrogen-bond donors (Lipinski definition) is 1. The molecule has 0 bridgehead atoms. The molecule has 5 heteroatoms. The van der Waals surface area contributed by atoms with Crippen LogP contribution in [0.4, 0.5) is 5.69 Å². The van der Waals surface area contributed by atoms with Gasteiger partial charge in [-0.05, 0) is 43.7 Å². The average molecular weight is 378 g/mol. The van der Waals surface area contributed by atoms with Gasteiger partial charge in [-0.15, -0.1) is 0 Å². The van der Waals surface area contributed by atoms with Gasteiger partial charge in [-0.3, -0.25) is 4.79 Å². The number of rotatable bonds is 7. The van der Waals surface area contributed by atoms with Crippen molar-refractivity contribution in [3.05, 3.63) is 58.1 Å². The van der Waals surface area contributed by atoms with Crippen molar-refractivity contribution in [2.45, 2.75) is 13.8 Å². The number of halogens is 1. The molecule has 1 N–H and O–H groups in total. The van der Waals surface area contributed by atoms with E-state index in [1.165, 1.54) is 0 Å². The maximum absolute atomic E-state index is 12.4. The molecule has 0 radical (unpaired) electrons. The summed E-state index contributed by atoms with van der Waals surface area (Å²) in [5, 5.41) is 2.89. The van der Waals surface area contributed by atoms with Crippen LogP contribution in [0.25, 0.3) is 0 Å². The summed E-state index contributed by atoms with van der Waals surface area (Å²) in [4.78, 5) is 12.4. The Morgan fingerprint density at radius 1 is 1.17 bits per heavy atom. The third-order valence-corrected chi connectivity index (χ3v) is 4.11. The minimum atomic E-state index is -0.174. The first kappa shape index (κ1) is 17.5. The Bertz CT molecular complexity index is 673. The van der Waals surface area contributed by atoms with Gasteiger partial charge < -0.3 is 14.8 Å². The van der Waals surface area contributed by atoms with Gasteiger partial charge in [0.25, 0.3) is 5.91 Å². The summed E-state index contributed by atoms with van der Waals surface area (Å²) < 4.78 is 11.8. The lowest BCUT2D eigenvalue weighted by molar-refractivity contribution is 0.102. The first-order valence-electron chi connectivity index (χ1n) is 7.49. The van der Waals surface area contributed by atoms with E-state index in [4.69, 9.17) is 9.47 Å². The van der Waals surface area contributed by atoms with Crippen LogP contribution >= 0.6 is 15.9 Å². The van der Waals surface area contributed by atoms with Gasteiger partial charge in [0.1, 0.15) is 12.4 Å². The number of para-hydroxylation sites is 2. The molecule has 0 aliphatic carbocycles. The third kappa shape index (κ3) is 5.08. The zero-order valence-electron chi connectivity index (χ0n) is 13.3. The van der Waals surface area contributed by atoms with Crippen LogP contribution in [0.3, 0.4) is 0 Å². The topological polar surface area (TPSA) is 47.6 Å². The van der Waals surface area contributed by atoms with Crippen LogP contribution in [-0.2, 0) is 4.74 Å². The molecule has 2 aromatic rings. The lowest BCUT2D eigenvalue weighted by atomic mass is 10.1. The molecule has 2 rings (SSSR count). The first-order chi connectivity index (χ1) is 11.1. The van der Waals surface area contributed by atoms with Gasteiger partial charge in [-0.25, -0.2) is 0 Å². The lowest BCUT2D eigenvalue weighted by Gasteiger charge is -2.13. The molecule has 0 heterocycles. The van der Waals surface area contributed by atoms with Crippen LogP contribution in [0.5, 0.6) is 5.75 Å². The maximum Gasteiger partial charge on any atom is 0.255 e. The Hall–Kier alpha value is -1.85. The third-order valence-electron chi connectivity index (χ3n) is 3.26. The SMILES string of the molecule is CCOCCOc1ccccc1NC(=O)c1ccc(C)c(Br)c1. The molecule has 0 aliphatic heterocycles. The molecule has 1 amide bonds. The molecule has 122 valence electrons. The van der Waals surface area contributed by atoms with E-state index in [2.05, 4.69) is 21.2 Å². The molecule has 2 aromatic carbocycles. The number of aryl methyl sites for hydroxylation is 1. The highest BCUT2D eigenvalue weighted by atomic mass is 79.9. The molecule has 0 unspecified atom stereocenters. The summed E-state index contributed by atoms with van der Waals surface area (Å²) in [6.07, 6.45) is 0. The van der Waals surface area contributed by atoms with Crippen molar-refractivity contribution in [3.8, 4) is 5.75 Å². The number of nitrogens with one attached hydrogen (secondary N) is 1. The second-order valence-corrected chi connectivity index (χ2v) is 5.81. The average Bonchev–Trinajstić information content (AvgIpc) is 2.55.